The van der Waals surface area contributed by atoms with Crippen molar-refractivity contribution >= 4 is 18.1 Å². The summed E-state index contributed by atoms with van der Waals surface area (Å²) in [5.41, 5.74) is 1.94. The molecule has 0 bridgehead atoms. The topological polar surface area (TPSA) is 139 Å². The number of rotatable bonds is 11. The number of aliphatic hydroxyl groups is 2. The summed E-state index contributed by atoms with van der Waals surface area (Å²) in [6, 6.07) is 4.07. The van der Waals surface area contributed by atoms with Crippen molar-refractivity contribution in [3.05, 3.63) is 59.1 Å². The number of benzene rings is 1. The van der Waals surface area contributed by atoms with Gasteiger partial charge in [0.1, 0.15) is 18.5 Å². The quantitative estimate of drug-likeness (QED) is 0.362. The zero-order valence-electron chi connectivity index (χ0n) is 22.6. The molecule has 5 rings (SSSR count). The van der Waals surface area contributed by atoms with Gasteiger partial charge in [-0.3, -0.25) is 14.4 Å². The SMILES string of the molecule is COc1cc(C=O)cc2c1O[C@@H]1[C@@H](O)[C@H](N(Cc3ccoc3)C(=O)CCC3CCCC3)C=C(C(=O)NCCO)[C@H]21. The molecule has 1 fully saturated rings. The van der Waals surface area contributed by atoms with E-state index in [4.69, 9.17) is 13.9 Å². The summed E-state index contributed by atoms with van der Waals surface area (Å²) < 4.78 is 17.0. The molecule has 10 nitrogen and oxygen atoms in total. The molecule has 3 N–H and O–H groups in total. The van der Waals surface area contributed by atoms with Crippen molar-refractivity contribution in [1.82, 2.24) is 10.2 Å². The molecule has 3 aliphatic rings. The Morgan fingerprint density at radius 1 is 1.25 bits per heavy atom. The number of ether oxygens (including phenoxy) is 2. The van der Waals surface area contributed by atoms with Crippen molar-refractivity contribution in [2.75, 3.05) is 20.3 Å². The fraction of sp³-hybridized carbons (Fsp3) is 0.500. The lowest BCUT2D eigenvalue weighted by molar-refractivity contribution is -0.138. The predicted octanol–water partition coefficient (Wildman–Crippen LogP) is 2.72. The number of amides is 2. The Labute approximate surface area is 232 Å². The first-order chi connectivity index (χ1) is 19.4. The second-order valence-electron chi connectivity index (χ2n) is 10.7. The Hall–Kier alpha value is -3.63. The van der Waals surface area contributed by atoms with Gasteiger partial charge in [-0.05, 0) is 36.6 Å². The van der Waals surface area contributed by atoms with E-state index in [1.807, 2.05) is 0 Å². The lowest BCUT2D eigenvalue weighted by Crippen LogP contribution is -2.55. The highest BCUT2D eigenvalue weighted by atomic mass is 16.5. The normalized spacial score (nSPS) is 23.5. The molecular weight excluding hydrogens is 516 g/mol. The summed E-state index contributed by atoms with van der Waals surface area (Å²) >= 11 is 0. The van der Waals surface area contributed by atoms with Gasteiger partial charge in [-0.2, -0.15) is 0 Å². The standard InChI is InChI=1S/C30H36N2O8/c1-38-24-13-20(16-34)12-21-26-22(30(37)31-9-10-33)14-23(27(36)29(26)40-28(21)24)32(15-19-8-11-39-17-19)25(35)7-6-18-4-2-3-5-18/h8,11-14,16-18,23,26-27,29,33,36H,2-7,9-10,15H2,1H3,(H,31,37)/t23-,26+,27+,29+/m1/s1. The third-order valence-electron chi connectivity index (χ3n) is 8.27. The molecule has 4 atom stereocenters. The van der Waals surface area contributed by atoms with Crippen molar-refractivity contribution in [2.45, 2.75) is 69.2 Å². The maximum absolute atomic E-state index is 13.7. The van der Waals surface area contributed by atoms with Crippen LogP contribution in [-0.2, 0) is 16.1 Å². The molecule has 2 aliphatic carbocycles. The molecular formula is C30H36N2O8. The molecule has 1 saturated carbocycles. The van der Waals surface area contributed by atoms with Gasteiger partial charge in [0.05, 0.1) is 38.2 Å². The van der Waals surface area contributed by atoms with Crippen molar-refractivity contribution < 1.29 is 38.5 Å². The van der Waals surface area contributed by atoms with Crippen LogP contribution in [0.1, 0.15) is 65.9 Å². The monoisotopic (exact) mass is 552 g/mol. The summed E-state index contributed by atoms with van der Waals surface area (Å²) in [7, 11) is 1.45. The van der Waals surface area contributed by atoms with Crippen LogP contribution in [0.4, 0.5) is 0 Å². The zero-order valence-corrected chi connectivity index (χ0v) is 22.6. The number of carbonyl (C=O) groups is 3. The molecule has 10 heteroatoms. The van der Waals surface area contributed by atoms with Crippen molar-refractivity contribution in [3.63, 3.8) is 0 Å². The molecule has 2 aromatic rings. The predicted molar refractivity (Wildman–Crippen MR) is 144 cm³/mol. The largest absolute Gasteiger partial charge is 0.493 e. The Balaban J connectivity index is 1.53. The second kappa shape index (κ2) is 12.3. The number of carbonyl (C=O) groups excluding carboxylic acids is 3. The first-order valence-electron chi connectivity index (χ1n) is 13.9. The second-order valence-corrected chi connectivity index (χ2v) is 10.7. The molecule has 0 saturated heterocycles. The Morgan fingerprint density at radius 3 is 2.73 bits per heavy atom. The number of hydrogen-bond donors (Lipinski definition) is 3. The molecule has 2 heterocycles. The van der Waals surface area contributed by atoms with Crippen LogP contribution in [0.15, 0.2) is 46.8 Å². The van der Waals surface area contributed by atoms with E-state index in [9.17, 15) is 24.6 Å². The average molecular weight is 553 g/mol. The van der Waals surface area contributed by atoms with Crippen LogP contribution < -0.4 is 14.8 Å². The van der Waals surface area contributed by atoms with E-state index in [0.29, 0.717) is 46.8 Å². The molecule has 0 unspecified atom stereocenters. The van der Waals surface area contributed by atoms with Gasteiger partial charge in [-0.15, -0.1) is 0 Å². The van der Waals surface area contributed by atoms with Gasteiger partial charge in [0.25, 0.3) is 0 Å². The highest BCUT2D eigenvalue weighted by Gasteiger charge is 2.51. The summed E-state index contributed by atoms with van der Waals surface area (Å²) in [6.07, 6.45) is 9.02. The van der Waals surface area contributed by atoms with Gasteiger partial charge < -0.3 is 34.3 Å². The van der Waals surface area contributed by atoms with E-state index >= 15 is 0 Å². The molecule has 1 aromatic carbocycles. The van der Waals surface area contributed by atoms with E-state index < -0.39 is 30.1 Å². The van der Waals surface area contributed by atoms with Crippen LogP contribution in [0.2, 0.25) is 0 Å². The van der Waals surface area contributed by atoms with E-state index in [1.165, 1.54) is 26.2 Å². The van der Waals surface area contributed by atoms with Crippen molar-refractivity contribution in [1.29, 1.82) is 0 Å². The minimum absolute atomic E-state index is 0.0330. The number of furan rings is 1. The number of nitrogens with one attached hydrogen (secondary N) is 1. The van der Waals surface area contributed by atoms with E-state index in [2.05, 4.69) is 5.32 Å². The maximum Gasteiger partial charge on any atom is 0.247 e. The van der Waals surface area contributed by atoms with Gasteiger partial charge in [-0.1, -0.05) is 25.7 Å². The van der Waals surface area contributed by atoms with Crippen LogP contribution in [-0.4, -0.2) is 71.7 Å². The lowest BCUT2D eigenvalue weighted by Gasteiger charge is -2.40. The molecule has 1 aliphatic heterocycles. The van der Waals surface area contributed by atoms with E-state index in [1.54, 1.807) is 35.4 Å². The third kappa shape index (κ3) is 5.51. The van der Waals surface area contributed by atoms with Crippen LogP contribution in [0, 0.1) is 5.92 Å². The van der Waals surface area contributed by atoms with Gasteiger partial charge in [0, 0.05) is 41.8 Å². The summed E-state index contributed by atoms with van der Waals surface area (Å²) in [4.78, 5) is 40.4. The number of fused-ring (bicyclic) bond motifs is 3. The minimum atomic E-state index is -1.18. The number of hydrogen-bond acceptors (Lipinski definition) is 8. The summed E-state index contributed by atoms with van der Waals surface area (Å²) in [5, 5.41) is 23.8. The fourth-order valence-corrected chi connectivity index (χ4v) is 6.27. The highest BCUT2D eigenvalue weighted by Crippen LogP contribution is 2.51. The number of aldehydes is 1. The number of aliphatic hydroxyl groups excluding tert-OH is 2. The fourth-order valence-electron chi connectivity index (χ4n) is 6.27. The van der Waals surface area contributed by atoms with Crippen LogP contribution in [0.25, 0.3) is 0 Å². The van der Waals surface area contributed by atoms with Gasteiger partial charge >= 0.3 is 0 Å². The van der Waals surface area contributed by atoms with Crippen LogP contribution in [0.3, 0.4) is 0 Å². The lowest BCUT2D eigenvalue weighted by atomic mass is 9.77. The Kier molecular flexibility index (Phi) is 8.56. The molecule has 0 spiro atoms. The van der Waals surface area contributed by atoms with Crippen LogP contribution >= 0.6 is 0 Å². The molecule has 0 radical (unpaired) electrons. The number of nitrogens with zero attached hydrogens (tertiary/aromatic N) is 1. The maximum atomic E-state index is 13.7. The van der Waals surface area contributed by atoms with Crippen molar-refractivity contribution in [2.24, 2.45) is 5.92 Å². The van der Waals surface area contributed by atoms with Gasteiger partial charge in [0.15, 0.2) is 11.5 Å². The Morgan fingerprint density at radius 2 is 2.05 bits per heavy atom. The third-order valence-corrected chi connectivity index (χ3v) is 8.27. The van der Waals surface area contributed by atoms with E-state index in [0.717, 1.165) is 24.8 Å². The zero-order chi connectivity index (χ0) is 28.2. The molecule has 214 valence electrons. The first kappa shape index (κ1) is 27.9. The molecule has 40 heavy (non-hydrogen) atoms. The summed E-state index contributed by atoms with van der Waals surface area (Å²) in [6.45, 7) is -0.0282. The Bertz CT molecular complexity index is 1250. The average Bonchev–Trinajstić information content (AvgIpc) is 3.75. The van der Waals surface area contributed by atoms with E-state index in [-0.39, 0.29) is 25.6 Å². The first-order valence-corrected chi connectivity index (χ1v) is 13.9. The number of methoxy groups -OCH3 is 1. The highest BCUT2D eigenvalue weighted by molar-refractivity contribution is 5.96. The molecule has 1 aromatic heterocycles. The smallest absolute Gasteiger partial charge is 0.247 e. The van der Waals surface area contributed by atoms with Crippen molar-refractivity contribution in [3.8, 4) is 11.5 Å². The van der Waals surface area contributed by atoms with Gasteiger partial charge in [0.2, 0.25) is 11.8 Å². The van der Waals surface area contributed by atoms with Crippen LogP contribution in [0.5, 0.6) is 11.5 Å². The van der Waals surface area contributed by atoms with Gasteiger partial charge in [-0.25, -0.2) is 0 Å². The summed E-state index contributed by atoms with van der Waals surface area (Å²) in [5.74, 6) is -0.109. The molecule has 2 amide bonds. The minimum Gasteiger partial charge on any atom is -0.493 e.